The third kappa shape index (κ3) is 54.1. The second kappa shape index (κ2) is 50.7. The van der Waals surface area contributed by atoms with E-state index in [-0.39, 0.29) is 32.0 Å². The highest BCUT2D eigenvalue weighted by Gasteiger charge is 2.22. The summed E-state index contributed by atoms with van der Waals surface area (Å²) in [6, 6.07) is 0. The van der Waals surface area contributed by atoms with Crippen LogP contribution in [0.4, 0.5) is 0 Å². The Morgan fingerprint density at radius 3 is 1.13 bits per heavy atom. The minimum atomic E-state index is -4.63. The lowest BCUT2D eigenvalue weighted by Crippen LogP contribution is -2.37. The maximum Gasteiger partial charge on any atom is 0.306 e. The molecule has 0 aromatic carbocycles. The van der Waals surface area contributed by atoms with Crippen molar-refractivity contribution in [3.05, 3.63) is 12.2 Å². The van der Waals surface area contributed by atoms with Crippen molar-refractivity contribution >= 4 is 19.8 Å². The minimum absolute atomic E-state index is 0.0292. The molecule has 0 spiro atoms. The first kappa shape index (κ1) is 66.8. The van der Waals surface area contributed by atoms with E-state index in [1.165, 1.54) is 205 Å². The van der Waals surface area contributed by atoms with Crippen LogP contribution in [0, 0.1) is 0 Å². The van der Waals surface area contributed by atoms with Gasteiger partial charge in [-0.2, -0.15) is 0 Å². The van der Waals surface area contributed by atoms with Gasteiger partial charge in [-0.3, -0.25) is 14.2 Å². The van der Waals surface area contributed by atoms with Crippen LogP contribution in [0.15, 0.2) is 12.2 Å². The Morgan fingerprint density at radius 2 is 0.765 bits per heavy atom. The Balaban J connectivity index is 3.88. The van der Waals surface area contributed by atoms with Crippen LogP contribution in [0.25, 0.3) is 0 Å². The van der Waals surface area contributed by atoms with Crippen LogP contribution in [-0.4, -0.2) is 70.0 Å². The second-order valence-corrected chi connectivity index (χ2v) is 22.8. The summed E-state index contributed by atoms with van der Waals surface area (Å²) < 4.78 is 34.0. The fraction of sp³-hybridized carbons (Fsp3) is 0.931. The van der Waals surface area contributed by atoms with Crippen LogP contribution in [0.5, 0.6) is 0 Å². The Morgan fingerprint density at radius 1 is 0.441 bits per heavy atom. The molecule has 0 fully saturated rings. The molecule has 0 saturated heterocycles. The molecule has 10 heteroatoms. The van der Waals surface area contributed by atoms with Crippen LogP contribution in [-0.2, 0) is 32.7 Å². The molecular formula is C58H114NO8P. The van der Waals surface area contributed by atoms with Gasteiger partial charge in [0.2, 0.25) is 0 Å². The number of carbonyl (C=O) groups is 2. The van der Waals surface area contributed by atoms with Gasteiger partial charge in [-0.25, -0.2) is 0 Å². The van der Waals surface area contributed by atoms with Crippen LogP contribution in [0.1, 0.15) is 296 Å². The zero-order valence-corrected chi connectivity index (χ0v) is 46.7. The molecule has 0 amide bonds. The number of allylic oxidation sites excluding steroid dienone is 2. The van der Waals surface area contributed by atoms with Crippen LogP contribution in [0.3, 0.4) is 0 Å². The second-order valence-electron chi connectivity index (χ2n) is 21.4. The van der Waals surface area contributed by atoms with Crippen molar-refractivity contribution in [2.45, 2.75) is 302 Å². The third-order valence-corrected chi connectivity index (χ3v) is 14.2. The molecule has 0 aliphatic heterocycles. The van der Waals surface area contributed by atoms with E-state index >= 15 is 0 Å². The molecule has 404 valence electrons. The maximum absolute atomic E-state index is 12.7. The highest BCUT2D eigenvalue weighted by molar-refractivity contribution is 7.45. The summed E-state index contributed by atoms with van der Waals surface area (Å²) in [7, 11) is 1.17. The lowest BCUT2D eigenvalue weighted by Gasteiger charge is -2.28. The fourth-order valence-corrected chi connectivity index (χ4v) is 9.43. The largest absolute Gasteiger partial charge is 0.756 e. The van der Waals surface area contributed by atoms with Gasteiger partial charge in [0.25, 0.3) is 7.82 Å². The minimum Gasteiger partial charge on any atom is -0.756 e. The lowest BCUT2D eigenvalue weighted by atomic mass is 10.0. The molecule has 0 aliphatic carbocycles. The van der Waals surface area contributed by atoms with Gasteiger partial charge in [0.05, 0.1) is 27.7 Å². The van der Waals surface area contributed by atoms with Gasteiger partial charge in [-0.1, -0.05) is 264 Å². The molecular weight excluding hydrogens is 870 g/mol. The fourth-order valence-electron chi connectivity index (χ4n) is 8.70. The van der Waals surface area contributed by atoms with Crippen molar-refractivity contribution in [1.82, 2.24) is 0 Å². The maximum atomic E-state index is 12.7. The number of phosphoric ester groups is 1. The third-order valence-electron chi connectivity index (χ3n) is 13.3. The first-order chi connectivity index (χ1) is 33.0. The summed E-state index contributed by atoms with van der Waals surface area (Å²) in [5.74, 6) is -0.830. The number of hydrogen-bond donors (Lipinski definition) is 0. The van der Waals surface area contributed by atoms with Gasteiger partial charge in [0.1, 0.15) is 19.8 Å². The number of hydrogen-bond acceptors (Lipinski definition) is 8. The van der Waals surface area contributed by atoms with Crippen molar-refractivity contribution in [2.75, 3.05) is 47.5 Å². The predicted molar refractivity (Wildman–Crippen MR) is 287 cm³/mol. The molecule has 0 radical (unpaired) electrons. The first-order valence-electron chi connectivity index (χ1n) is 29.4. The van der Waals surface area contributed by atoms with E-state index in [0.29, 0.717) is 17.4 Å². The molecule has 2 unspecified atom stereocenters. The Hall–Kier alpha value is -1.25. The summed E-state index contributed by atoms with van der Waals surface area (Å²) in [6.45, 7) is 4.23. The molecule has 0 aliphatic rings. The number of nitrogens with zero attached hydrogens (tertiary/aromatic N) is 1. The number of carbonyl (C=O) groups excluding carboxylic acids is 2. The molecule has 0 aromatic heterocycles. The van der Waals surface area contributed by atoms with Gasteiger partial charge < -0.3 is 27.9 Å². The molecule has 0 saturated carbocycles. The number of quaternary nitrogens is 1. The zero-order chi connectivity index (χ0) is 49.9. The van der Waals surface area contributed by atoms with E-state index < -0.39 is 26.5 Å². The van der Waals surface area contributed by atoms with Gasteiger partial charge in [-0.05, 0) is 32.1 Å². The standard InChI is InChI=1S/C58H114NO8P/c1-6-8-10-12-14-16-18-19-20-21-22-23-24-25-26-27-28-29-30-31-32-33-34-35-36-37-38-39-41-42-44-46-48-50-57(60)64-54-56(55-66-68(62,63)65-53-52-59(3,4)5)67-58(61)51-49-47-45-43-40-17-15-13-11-9-7-2/h13,15,56H,6-12,14,16-55H2,1-5H3/b15-13-. The Bertz CT molecular complexity index is 1160. The zero-order valence-electron chi connectivity index (χ0n) is 45.8. The molecule has 9 nitrogen and oxygen atoms in total. The molecule has 68 heavy (non-hydrogen) atoms. The van der Waals surface area contributed by atoms with Gasteiger partial charge in [0, 0.05) is 12.8 Å². The number of unbranched alkanes of at least 4 members (excludes halogenated alkanes) is 39. The molecule has 2 atom stereocenters. The van der Waals surface area contributed by atoms with E-state index in [1.54, 1.807) is 0 Å². The number of likely N-dealkylation sites (N-methyl/N-ethyl adjacent to an activating group) is 1. The smallest absolute Gasteiger partial charge is 0.306 e. The molecule has 0 aromatic rings. The van der Waals surface area contributed by atoms with Gasteiger partial charge >= 0.3 is 11.9 Å². The summed E-state index contributed by atoms with van der Waals surface area (Å²) >= 11 is 0. The summed E-state index contributed by atoms with van der Waals surface area (Å²) in [5, 5.41) is 0. The predicted octanol–water partition coefficient (Wildman–Crippen LogP) is 17.4. The van der Waals surface area contributed by atoms with E-state index in [2.05, 4.69) is 26.0 Å². The van der Waals surface area contributed by atoms with Crippen molar-refractivity contribution in [3.8, 4) is 0 Å². The highest BCUT2D eigenvalue weighted by Crippen LogP contribution is 2.38. The van der Waals surface area contributed by atoms with E-state index in [4.69, 9.17) is 18.5 Å². The number of rotatable bonds is 55. The van der Waals surface area contributed by atoms with Crippen molar-refractivity contribution < 1.29 is 42.1 Å². The van der Waals surface area contributed by atoms with E-state index in [1.807, 2.05) is 21.1 Å². The SMILES string of the molecule is CCCC/C=C\CCCCCCCC(=O)OC(COC(=O)CCCCCCCCCCCCCCCCCCCCCCCCCCCCCCCCCCC)COP(=O)([O-])OCC[N+](C)(C)C. The van der Waals surface area contributed by atoms with Crippen LogP contribution < -0.4 is 4.89 Å². The molecule has 0 rings (SSSR count). The van der Waals surface area contributed by atoms with Crippen LogP contribution in [0.2, 0.25) is 0 Å². The lowest BCUT2D eigenvalue weighted by molar-refractivity contribution is -0.870. The topological polar surface area (TPSA) is 111 Å². The Kier molecular flexibility index (Phi) is 49.8. The quantitative estimate of drug-likeness (QED) is 0.0195. The monoisotopic (exact) mass is 984 g/mol. The van der Waals surface area contributed by atoms with E-state index in [0.717, 1.165) is 57.8 Å². The van der Waals surface area contributed by atoms with Gasteiger partial charge in [0.15, 0.2) is 6.10 Å². The summed E-state index contributed by atoms with van der Waals surface area (Å²) in [5.41, 5.74) is 0. The number of esters is 2. The molecule has 0 heterocycles. The average molecular weight is 985 g/mol. The average Bonchev–Trinajstić information content (AvgIpc) is 3.30. The van der Waals surface area contributed by atoms with Gasteiger partial charge in [-0.15, -0.1) is 0 Å². The highest BCUT2D eigenvalue weighted by atomic mass is 31.2. The normalized spacial score (nSPS) is 13.3. The first-order valence-corrected chi connectivity index (χ1v) is 30.9. The number of phosphoric acid groups is 1. The summed E-state index contributed by atoms with van der Waals surface area (Å²) in [4.78, 5) is 37.7. The number of ether oxygens (including phenoxy) is 2. The van der Waals surface area contributed by atoms with E-state index in [9.17, 15) is 19.0 Å². The van der Waals surface area contributed by atoms with Crippen LogP contribution >= 0.6 is 7.82 Å². The van der Waals surface area contributed by atoms with Crippen molar-refractivity contribution in [2.24, 2.45) is 0 Å². The molecule has 0 bridgehead atoms. The molecule has 0 N–H and O–H groups in total. The van der Waals surface area contributed by atoms with Crippen molar-refractivity contribution in [1.29, 1.82) is 0 Å². The Labute approximate surface area is 422 Å². The van der Waals surface area contributed by atoms with Crippen molar-refractivity contribution in [3.63, 3.8) is 0 Å². The summed E-state index contributed by atoms with van der Waals surface area (Å²) in [6.07, 6.45) is 58.7.